The average Bonchev–Trinajstić information content (AvgIpc) is 3.19. The highest BCUT2D eigenvalue weighted by Gasteiger charge is 2.34. The third-order valence-corrected chi connectivity index (χ3v) is 7.93. The maximum Gasteiger partial charge on any atom is 0.274 e. The second-order valence-corrected chi connectivity index (χ2v) is 9.58. The Morgan fingerprint density at radius 1 is 1.24 bits per heavy atom. The Labute approximate surface area is 180 Å². The molecule has 1 aromatic carbocycles. The van der Waals surface area contributed by atoms with E-state index in [1.807, 2.05) is 16.7 Å². The van der Waals surface area contributed by atoms with Crippen LogP contribution in [0, 0.1) is 0 Å². The first-order valence-electron chi connectivity index (χ1n) is 10.3. The summed E-state index contributed by atoms with van der Waals surface area (Å²) in [6.45, 7) is 4.60. The van der Waals surface area contributed by atoms with Crippen molar-refractivity contribution in [2.24, 2.45) is 0 Å². The molecule has 1 unspecified atom stereocenters. The van der Waals surface area contributed by atoms with E-state index < -0.39 is 0 Å². The fourth-order valence-electron chi connectivity index (χ4n) is 4.47. The van der Waals surface area contributed by atoms with Crippen LogP contribution in [0.5, 0.6) is 0 Å². The standard InChI is InChI=1S/C21H26N4O2S2/c1-28-24-8-4-5-15(13-24)25-20-16-6-2-3-7-18(16)29-14-17(20)19(22-25)21(26)23-9-11-27-12-10-23/h2-3,6-7,15H,4-5,8-14H2,1H3. The molecular weight excluding hydrogens is 404 g/mol. The lowest BCUT2D eigenvalue weighted by atomic mass is 10.0. The van der Waals surface area contributed by atoms with E-state index in [2.05, 4.69) is 39.5 Å². The summed E-state index contributed by atoms with van der Waals surface area (Å²) < 4.78 is 10.0. The molecule has 154 valence electrons. The maximum absolute atomic E-state index is 13.4. The number of piperidine rings is 1. The number of carbonyl (C=O) groups is 1. The van der Waals surface area contributed by atoms with Crippen molar-refractivity contribution in [3.8, 4) is 11.3 Å². The molecule has 0 bridgehead atoms. The first kappa shape index (κ1) is 19.5. The molecule has 0 N–H and O–H groups in total. The van der Waals surface area contributed by atoms with Gasteiger partial charge in [-0.05, 0) is 25.2 Å². The molecule has 1 atom stereocenters. The normalized spacial score (nSPS) is 22.2. The minimum Gasteiger partial charge on any atom is -0.378 e. The van der Waals surface area contributed by atoms with Crippen LogP contribution in [0.3, 0.4) is 0 Å². The quantitative estimate of drug-likeness (QED) is 0.695. The minimum atomic E-state index is 0.0563. The highest BCUT2D eigenvalue weighted by Crippen LogP contribution is 2.44. The molecule has 4 heterocycles. The number of hydrogen-bond acceptors (Lipinski definition) is 6. The van der Waals surface area contributed by atoms with Gasteiger partial charge in [0.15, 0.2) is 5.69 Å². The van der Waals surface area contributed by atoms with Gasteiger partial charge < -0.3 is 9.64 Å². The summed E-state index contributed by atoms with van der Waals surface area (Å²) in [6, 6.07) is 8.83. The van der Waals surface area contributed by atoms with Gasteiger partial charge in [0.05, 0.1) is 24.9 Å². The number of hydrogen-bond donors (Lipinski definition) is 0. The number of fused-ring (bicyclic) bond motifs is 3. The van der Waals surface area contributed by atoms with Crippen molar-refractivity contribution in [1.82, 2.24) is 19.0 Å². The average molecular weight is 431 g/mol. The number of amides is 1. The van der Waals surface area contributed by atoms with E-state index in [1.165, 1.54) is 10.5 Å². The Balaban J connectivity index is 1.59. The predicted octanol–water partition coefficient (Wildman–Crippen LogP) is 3.54. The van der Waals surface area contributed by atoms with E-state index in [4.69, 9.17) is 9.84 Å². The smallest absolute Gasteiger partial charge is 0.274 e. The fourth-order valence-corrected chi connectivity index (χ4v) is 6.17. The van der Waals surface area contributed by atoms with Gasteiger partial charge >= 0.3 is 0 Å². The van der Waals surface area contributed by atoms with Crippen LogP contribution in [0.25, 0.3) is 11.3 Å². The van der Waals surface area contributed by atoms with E-state index in [0.717, 1.165) is 42.9 Å². The summed E-state index contributed by atoms with van der Waals surface area (Å²) in [5.74, 6) is 0.859. The molecule has 0 spiro atoms. The number of morpholine rings is 1. The van der Waals surface area contributed by atoms with E-state index in [9.17, 15) is 4.79 Å². The Hall–Kier alpha value is -1.48. The van der Waals surface area contributed by atoms with Crippen molar-refractivity contribution in [3.05, 3.63) is 35.5 Å². The summed E-state index contributed by atoms with van der Waals surface area (Å²) in [5, 5.41) is 4.99. The summed E-state index contributed by atoms with van der Waals surface area (Å²) in [7, 11) is 0. The molecule has 2 saturated heterocycles. The highest BCUT2D eigenvalue weighted by atomic mass is 32.2. The zero-order valence-electron chi connectivity index (χ0n) is 16.7. The van der Waals surface area contributed by atoms with Gasteiger partial charge in [-0.2, -0.15) is 5.10 Å². The first-order chi connectivity index (χ1) is 14.3. The van der Waals surface area contributed by atoms with Gasteiger partial charge in [-0.15, -0.1) is 11.8 Å². The molecule has 5 rings (SSSR count). The fraction of sp³-hybridized carbons (Fsp3) is 0.524. The number of thioether (sulfide) groups is 1. The summed E-state index contributed by atoms with van der Waals surface area (Å²) in [4.78, 5) is 16.6. The molecule has 3 aliphatic rings. The summed E-state index contributed by atoms with van der Waals surface area (Å²) >= 11 is 3.61. The second-order valence-electron chi connectivity index (χ2n) is 7.68. The van der Waals surface area contributed by atoms with E-state index in [1.54, 1.807) is 11.9 Å². The molecular formula is C21H26N4O2S2. The van der Waals surface area contributed by atoms with Crippen LogP contribution in [0.2, 0.25) is 0 Å². The highest BCUT2D eigenvalue weighted by molar-refractivity contribution is 7.98. The van der Waals surface area contributed by atoms with Crippen LogP contribution in [0.4, 0.5) is 0 Å². The van der Waals surface area contributed by atoms with Gasteiger partial charge in [-0.25, -0.2) is 4.31 Å². The van der Waals surface area contributed by atoms with Crippen molar-refractivity contribution in [2.75, 3.05) is 45.6 Å². The van der Waals surface area contributed by atoms with Gasteiger partial charge in [0.1, 0.15) is 0 Å². The molecule has 3 aliphatic heterocycles. The van der Waals surface area contributed by atoms with Crippen molar-refractivity contribution < 1.29 is 9.53 Å². The van der Waals surface area contributed by atoms with Crippen LogP contribution in [0.15, 0.2) is 29.2 Å². The maximum atomic E-state index is 13.4. The largest absolute Gasteiger partial charge is 0.378 e. The Kier molecular flexibility index (Phi) is 5.60. The van der Waals surface area contributed by atoms with Crippen molar-refractivity contribution >= 4 is 29.6 Å². The van der Waals surface area contributed by atoms with Gasteiger partial charge in [-0.1, -0.05) is 30.1 Å². The Bertz CT molecular complexity index is 910. The second kappa shape index (κ2) is 8.34. The van der Waals surface area contributed by atoms with Gasteiger partial charge in [-0.3, -0.25) is 9.48 Å². The van der Waals surface area contributed by atoms with Crippen molar-refractivity contribution in [3.63, 3.8) is 0 Å². The van der Waals surface area contributed by atoms with Crippen LogP contribution < -0.4 is 0 Å². The molecule has 0 saturated carbocycles. The van der Waals surface area contributed by atoms with Crippen LogP contribution in [-0.4, -0.2) is 70.5 Å². The zero-order valence-corrected chi connectivity index (χ0v) is 18.3. The van der Waals surface area contributed by atoms with E-state index >= 15 is 0 Å². The van der Waals surface area contributed by atoms with Crippen molar-refractivity contribution in [2.45, 2.75) is 29.5 Å². The molecule has 29 heavy (non-hydrogen) atoms. The number of rotatable bonds is 3. The molecule has 8 heteroatoms. The third kappa shape index (κ3) is 3.60. The minimum absolute atomic E-state index is 0.0563. The summed E-state index contributed by atoms with van der Waals surface area (Å²) in [5.41, 5.74) is 4.12. The van der Waals surface area contributed by atoms with Gasteiger partial charge in [0.25, 0.3) is 5.91 Å². The van der Waals surface area contributed by atoms with Crippen LogP contribution in [-0.2, 0) is 10.5 Å². The topological polar surface area (TPSA) is 50.6 Å². The van der Waals surface area contributed by atoms with Crippen LogP contribution >= 0.6 is 23.7 Å². The Morgan fingerprint density at radius 3 is 2.90 bits per heavy atom. The zero-order chi connectivity index (χ0) is 19.8. The lowest BCUT2D eigenvalue weighted by Crippen LogP contribution is -2.41. The lowest BCUT2D eigenvalue weighted by Gasteiger charge is -2.32. The molecule has 2 aromatic rings. The molecule has 0 radical (unpaired) electrons. The lowest BCUT2D eigenvalue weighted by molar-refractivity contribution is 0.0297. The molecule has 0 aliphatic carbocycles. The first-order valence-corrected chi connectivity index (χ1v) is 12.4. The monoisotopic (exact) mass is 430 g/mol. The van der Waals surface area contributed by atoms with Crippen LogP contribution in [0.1, 0.15) is 34.9 Å². The number of carbonyl (C=O) groups excluding carboxylic acids is 1. The summed E-state index contributed by atoms with van der Waals surface area (Å²) in [6.07, 6.45) is 4.40. The van der Waals surface area contributed by atoms with E-state index in [0.29, 0.717) is 38.0 Å². The molecule has 1 amide bonds. The molecule has 6 nitrogen and oxygen atoms in total. The van der Waals surface area contributed by atoms with Crippen molar-refractivity contribution in [1.29, 1.82) is 0 Å². The predicted molar refractivity (Wildman–Crippen MR) is 117 cm³/mol. The van der Waals surface area contributed by atoms with E-state index in [-0.39, 0.29) is 5.91 Å². The number of ether oxygens (including phenoxy) is 1. The number of benzene rings is 1. The van der Waals surface area contributed by atoms with Gasteiger partial charge in [0, 0.05) is 48.0 Å². The number of nitrogens with zero attached hydrogens (tertiary/aromatic N) is 4. The SMILES string of the molecule is CSN1CCCC(n2nc(C(=O)N3CCOCC3)c3c2-c2ccccc2SC3)C1. The third-order valence-electron chi connectivity index (χ3n) is 5.99. The van der Waals surface area contributed by atoms with Gasteiger partial charge in [0.2, 0.25) is 0 Å². The Morgan fingerprint density at radius 2 is 2.07 bits per heavy atom. The molecule has 2 fully saturated rings. The molecule has 1 aromatic heterocycles. The number of aromatic nitrogens is 2.